The molecule has 0 aliphatic carbocycles. The van der Waals surface area contributed by atoms with Crippen LogP contribution in [0.1, 0.15) is 63.6 Å². The summed E-state index contributed by atoms with van der Waals surface area (Å²) in [5.74, 6) is -0.292. The number of halogens is 2. The highest BCUT2D eigenvalue weighted by Gasteiger charge is 2.25. The van der Waals surface area contributed by atoms with E-state index in [2.05, 4.69) is 35.8 Å². The number of rotatable bonds is 4. The van der Waals surface area contributed by atoms with Gasteiger partial charge in [0, 0.05) is 30.8 Å². The molecule has 33 heavy (non-hydrogen) atoms. The van der Waals surface area contributed by atoms with E-state index in [0.29, 0.717) is 31.6 Å². The van der Waals surface area contributed by atoms with Gasteiger partial charge in [0.15, 0.2) is 22.0 Å². The summed E-state index contributed by atoms with van der Waals surface area (Å²) >= 11 is 0. The van der Waals surface area contributed by atoms with Crippen molar-refractivity contribution in [1.29, 1.82) is 0 Å². The number of benzene rings is 1. The van der Waals surface area contributed by atoms with Gasteiger partial charge in [-0.1, -0.05) is 25.9 Å². The third kappa shape index (κ3) is 6.70. The average molecular weight is 488 g/mol. The molecule has 0 amide bonds. The molecule has 0 radical (unpaired) electrons. The molecule has 0 saturated carbocycles. The zero-order valence-corrected chi connectivity index (χ0v) is 20.2. The van der Waals surface area contributed by atoms with Crippen molar-refractivity contribution in [3.05, 3.63) is 35.2 Å². The van der Waals surface area contributed by atoms with E-state index in [1.807, 2.05) is 0 Å². The van der Waals surface area contributed by atoms with Crippen molar-refractivity contribution in [3.8, 4) is 0 Å². The molecular weight excluding hydrogens is 456 g/mol. The molecule has 1 aromatic carbocycles. The van der Waals surface area contributed by atoms with Crippen LogP contribution in [0.4, 0.5) is 14.8 Å². The molecule has 0 atom stereocenters. The van der Waals surface area contributed by atoms with Crippen molar-refractivity contribution >= 4 is 15.9 Å². The summed E-state index contributed by atoms with van der Waals surface area (Å²) in [4.78, 5) is 5.67. The summed E-state index contributed by atoms with van der Waals surface area (Å²) in [6.45, 7) is 9.40. The molecule has 1 aromatic heterocycles. The van der Waals surface area contributed by atoms with Gasteiger partial charge in [0.25, 0.3) is 0 Å². The molecule has 0 unspecified atom stereocenters. The normalized spacial score (nSPS) is 18.3. The summed E-state index contributed by atoms with van der Waals surface area (Å²) in [6.07, 6.45) is 3.06. The summed E-state index contributed by atoms with van der Waals surface area (Å²) in [5, 5.41) is 3.98. The minimum atomic E-state index is -3.94. The molecule has 184 valence electrons. The maximum absolute atomic E-state index is 13.6. The Morgan fingerprint density at radius 3 is 2.15 bits per heavy atom. The van der Waals surface area contributed by atoms with Crippen LogP contribution in [0.15, 0.2) is 21.6 Å². The summed E-state index contributed by atoms with van der Waals surface area (Å²) < 4.78 is 65.4. The fraction of sp³-hybridized carbons (Fsp3) is 0.636. The maximum Gasteiger partial charge on any atom is 0.324 e. The first-order valence-electron chi connectivity index (χ1n) is 11.1. The van der Waals surface area contributed by atoms with Crippen molar-refractivity contribution in [2.75, 3.05) is 37.5 Å². The van der Waals surface area contributed by atoms with E-state index in [1.165, 1.54) is 12.8 Å². The van der Waals surface area contributed by atoms with E-state index >= 15 is 0 Å². The van der Waals surface area contributed by atoms with Gasteiger partial charge in [-0.05, 0) is 37.3 Å². The zero-order valence-electron chi connectivity index (χ0n) is 19.4. The van der Waals surface area contributed by atoms with E-state index < -0.39 is 32.7 Å². The Balaban J connectivity index is 0.000000189. The lowest BCUT2D eigenvalue weighted by Crippen LogP contribution is -2.32. The largest absolute Gasteiger partial charge is 0.348 e. The second-order valence-electron chi connectivity index (χ2n) is 8.77. The van der Waals surface area contributed by atoms with Gasteiger partial charge in [-0.25, -0.2) is 17.2 Å². The van der Waals surface area contributed by atoms with Crippen LogP contribution < -0.4 is 4.90 Å². The third-order valence-corrected chi connectivity index (χ3v) is 6.62. The first-order valence-corrected chi connectivity index (χ1v) is 13.0. The van der Waals surface area contributed by atoms with E-state index in [4.69, 9.17) is 14.0 Å². The lowest BCUT2D eigenvalue weighted by atomic mass is 10.00. The number of hydrogen-bond acceptors (Lipinski definition) is 8. The predicted molar refractivity (Wildman–Crippen MR) is 118 cm³/mol. The number of sulfone groups is 1. The van der Waals surface area contributed by atoms with Crippen molar-refractivity contribution in [3.63, 3.8) is 0 Å². The Morgan fingerprint density at radius 2 is 1.67 bits per heavy atom. The van der Waals surface area contributed by atoms with Gasteiger partial charge in [-0.3, -0.25) is 0 Å². The third-order valence-electron chi connectivity index (χ3n) is 5.49. The number of anilines is 1. The van der Waals surface area contributed by atoms with Crippen molar-refractivity contribution in [2.24, 2.45) is 5.92 Å². The minimum absolute atomic E-state index is 0.136. The van der Waals surface area contributed by atoms with Gasteiger partial charge in [-0.2, -0.15) is 4.98 Å². The average Bonchev–Trinajstić information content (AvgIpc) is 3.24. The standard InChI is InChI=1S/C11H12F2O4S.C11H19N3O/c1-18(14,15)10-8(12)5-7(6-9(10)13)11-16-3-2-4-17-11;1-8(2)10-12-11(15-13-10)14-6-4-9(3)5-7-14/h5-6,11H,2-4H2,1H3;8-9H,4-7H2,1-3H3. The smallest absolute Gasteiger partial charge is 0.324 e. The van der Waals surface area contributed by atoms with Crippen LogP contribution in [0.5, 0.6) is 0 Å². The molecule has 11 heteroatoms. The maximum atomic E-state index is 13.6. The van der Waals surface area contributed by atoms with E-state index in [0.717, 1.165) is 43.2 Å². The van der Waals surface area contributed by atoms with Crippen molar-refractivity contribution in [2.45, 2.75) is 57.1 Å². The van der Waals surface area contributed by atoms with Gasteiger partial charge in [-0.15, -0.1) is 0 Å². The Kier molecular flexibility index (Phi) is 8.41. The molecule has 2 aliphatic rings. The van der Waals surface area contributed by atoms with Crippen LogP contribution in [0, 0.1) is 17.6 Å². The number of nitrogens with zero attached hydrogens (tertiary/aromatic N) is 3. The highest BCUT2D eigenvalue weighted by atomic mass is 32.2. The number of ether oxygens (including phenoxy) is 2. The van der Waals surface area contributed by atoms with Crippen LogP contribution in [-0.2, 0) is 19.3 Å². The molecule has 0 spiro atoms. The minimum Gasteiger partial charge on any atom is -0.348 e. The van der Waals surface area contributed by atoms with Crippen LogP contribution >= 0.6 is 0 Å². The van der Waals surface area contributed by atoms with Gasteiger partial charge >= 0.3 is 6.01 Å². The predicted octanol–water partition coefficient (Wildman–Crippen LogP) is 4.23. The molecule has 2 aliphatic heterocycles. The fourth-order valence-corrected chi connectivity index (χ4v) is 4.37. The van der Waals surface area contributed by atoms with Gasteiger partial charge < -0.3 is 18.9 Å². The summed E-state index contributed by atoms with van der Waals surface area (Å²) in [6, 6.07) is 2.55. The van der Waals surface area contributed by atoms with Gasteiger partial charge in [0.2, 0.25) is 0 Å². The second kappa shape index (κ2) is 10.9. The first kappa shape index (κ1) is 25.5. The molecule has 2 fully saturated rings. The summed E-state index contributed by atoms with van der Waals surface area (Å²) in [7, 11) is -3.94. The Labute approximate surface area is 193 Å². The molecule has 2 saturated heterocycles. The number of hydrogen-bond donors (Lipinski definition) is 0. The van der Waals surface area contributed by atoms with Crippen molar-refractivity contribution < 1.29 is 31.2 Å². The highest BCUT2D eigenvalue weighted by molar-refractivity contribution is 7.90. The quantitative estimate of drug-likeness (QED) is 0.632. The highest BCUT2D eigenvalue weighted by Crippen LogP contribution is 2.28. The molecule has 8 nitrogen and oxygen atoms in total. The topological polar surface area (TPSA) is 94.8 Å². The van der Waals surface area contributed by atoms with E-state index in [9.17, 15) is 17.2 Å². The molecule has 0 N–H and O–H groups in total. The zero-order chi connectivity index (χ0) is 24.2. The molecule has 3 heterocycles. The number of aromatic nitrogens is 2. The van der Waals surface area contributed by atoms with Crippen molar-refractivity contribution in [1.82, 2.24) is 10.1 Å². The Morgan fingerprint density at radius 1 is 1.09 bits per heavy atom. The lowest BCUT2D eigenvalue weighted by Gasteiger charge is -2.28. The molecule has 0 bridgehead atoms. The van der Waals surface area contributed by atoms with Crippen LogP contribution in [0.25, 0.3) is 0 Å². The Bertz CT molecular complexity index is 1010. The summed E-state index contributed by atoms with van der Waals surface area (Å²) in [5.41, 5.74) is 0.136. The van der Waals surface area contributed by atoms with E-state index in [-0.39, 0.29) is 5.56 Å². The number of piperidine rings is 1. The Hall–Kier alpha value is -2.11. The molecule has 2 aromatic rings. The first-order chi connectivity index (χ1) is 15.6. The SMILES string of the molecule is CC1CCN(c2nc(C(C)C)no2)CC1.CS(=O)(=O)c1c(F)cc(C2OCCCO2)cc1F. The molecule has 4 rings (SSSR count). The fourth-order valence-electron chi connectivity index (χ4n) is 3.54. The lowest BCUT2D eigenvalue weighted by molar-refractivity contribution is -0.183. The van der Waals surface area contributed by atoms with Crippen LogP contribution in [0.3, 0.4) is 0 Å². The second-order valence-corrected chi connectivity index (χ2v) is 10.7. The molecular formula is C22H31F2N3O5S. The van der Waals surface area contributed by atoms with Gasteiger partial charge in [0.1, 0.15) is 16.5 Å². The van der Waals surface area contributed by atoms with Crippen LogP contribution in [0.2, 0.25) is 0 Å². The van der Waals surface area contributed by atoms with Gasteiger partial charge in [0.05, 0.1) is 13.2 Å². The van der Waals surface area contributed by atoms with E-state index in [1.54, 1.807) is 0 Å². The van der Waals surface area contributed by atoms with Crippen LogP contribution in [-0.4, -0.2) is 51.1 Å². The monoisotopic (exact) mass is 487 g/mol.